The molecule has 0 saturated carbocycles. The Kier molecular flexibility index (Phi) is 6.34. The quantitative estimate of drug-likeness (QED) is 0.402. The van der Waals surface area contributed by atoms with Gasteiger partial charge in [0.15, 0.2) is 0 Å². The predicted molar refractivity (Wildman–Crippen MR) is 117 cm³/mol. The van der Waals surface area contributed by atoms with Gasteiger partial charge in [0.25, 0.3) is 11.7 Å². The largest absolute Gasteiger partial charge is 0.507 e. The summed E-state index contributed by atoms with van der Waals surface area (Å²) in [6.45, 7) is 0.867. The van der Waals surface area contributed by atoms with Crippen LogP contribution < -0.4 is 9.47 Å². The molecule has 1 amide bonds. The lowest BCUT2D eigenvalue weighted by atomic mass is 9.95. The number of ketones is 1. The van der Waals surface area contributed by atoms with Crippen LogP contribution in [0, 0.1) is 0 Å². The monoisotopic (exact) mass is 458 g/mol. The van der Waals surface area contributed by atoms with Crippen LogP contribution in [0.15, 0.2) is 42.2 Å². The zero-order chi connectivity index (χ0) is 22.8. The van der Waals surface area contributed by atoms with E-state index in [-0.39, 0.29) is 40.3 Å². The number of Topliss-reactive ketones (excluding diaryl/α,β-unsaturated/α-hetero) is 1. The number of rotatable bonds is 6. The first kappa shape index (κ1) is 22.1. The number of methoxy groups -OCH3 is 2. The lowest BCUT2D eigenvalue weighted by molar-refractivity contribution is -0.140. The second-order valence-corrected chi connectivity index (χ2v) is 7.96. The van der Waals surface area contributed by atoms with E-state index in [0.29, 0.717) is 17.9 Å². The Morgan fingerprint density at radius 3 is 2.56 bits per heavy atom. The average molecular weight is 459 g/mol. The summed E-state index contributed by atoms with van der Waals surface area (Å²) in [7, 11) is 2.86. The summed E-state index contributed by atoms with van der Waals surface area (Å²) >= 11 is 6.19. The first-order valence-electron chi connectivity index (χ1n) is 10.2. The molecular weight excluding hydrogens is 436 g/mol. The van der Waals surface area contributed by atoms with E-state index >= 15 is 0 Å². The van der Waals surface area contributed by atoms with Gasteiger partial charge in [-0.3, -0.25) is 14.6 Å². The second-order valence-electron chi connectivity index (χ2n) is 7.55. The van der Waals surface area contributed by atoms with Crippen molar-refractivity contribution in [3.8, 4) is 11.5 Å². The number of amides is 1. The van der Waals surface area contributed by atoms with E-state index in [2.05, 4.69) is 4.98 Å². The zero-order valence-corrected chi connectivity index (χ0v) is 18.5. The molecule has 9 heteroatoms. The molecule has 3 heterocycles. The van der Waals surface area contributed by atoms with Crippen LogP contribution in [0.1, 0.15) is 30.0 Å². The van der Waals surface area contributed by atoms with Gasteiger partial charge in [-0.2, -0.15) is 0 Å². The van der Waals surface area contributed by atoms with Gasteiger partial charge in [0, 0.05) is 31.6 Å². The van der Waals surface area contributed by atoms with E-state index in [4.69, 9.17) is 25.8 Å². The second kappa shape index (κ2) is 9.18. The van der Waals surface area contributed by atoms with Crippen LogP contribution in [0.3, 0.4) is 0 Å². The SMILES string of the molecule is COc1cc(/C(O)=C2\C(=O)C(=O)N(CC3CCCO3)C2c2ccncc2)c(OC)cc1Cl. The number of carbonyl (C=O) groups excluding carboxylic acids is 2. The number of halogens is 1. The van der Waals surface area contributed by atoms with E-state index in [9.17, 15) is 14.7 Å². The highest BCUT2D eigenvalue weighted by atomic mass is 35.5. The highest BCUT2D eigenvalue weighted by Gasteiger charge is 2.47. The smallest absolute Gasteiger partial charge is 0.295 e. The minimum absolute atomic E-state index is 0.0399. The fourth-order valence-electron chi connectivity index (χ4n) is 4.16. The van der Waals surface area contributed by atoms with Crippen molar-refractivity contribution in [2.75, 3.05) is 27.4 Å². The molecule has 0 aliphatic carbocycles. The molecule has 0 radical (unpaired) electrons. The van der Waals surface area contributed by atoms with Crippen LogP contribution in [0.2, 0.25) is 5.02 Å². The molecule has 2 saturated heterocycles. The standard InChI is InChI=1S/C23H23ClN2O6/c1-30-17-11-16(24)18(31-2)10-15(17)21(27)19-20(13-5-7-25-8-6-13)26(23(29)22(19)28)12-14-4-3-9-32-14/h5-8,10-11,14,20,27H,3-4,9,12H2,1-2H3/b21-19+. The number of nitrogens with zero attached hydrogens (tertiary/aromatic N) is 2. The Bertz CT molecular complexity index is 1070. The average Bonchev–Trinajstić information content (AvgIpc) is 3.41. The Hall–Kier alpha value is -3.10. The van der Waals surface area contributed by atoms with Crippen LogP contribution in [-0.2, 0) is 14.3 Å². The van der Waals surface area contributed by atoms with Crippen molar-refractivity contribution >= 4 is 29.1 Å². The summed E-state index contributed by atoms with van der Waals surface area (Å²) in [5, 5.41) is 11.6. The summed E-state index contributed by atoms with van der Waals surface area (Å²) in [6, 6.07) is 5.60. The predicted octanol–water partition coefficient (Wildman–Crippen LogP) is 3.35. The molecule has 2 unspecified atom stereocenters. The number of benzene rings is 1. The molecule has 32 heavy (non-hydrogen) atoms. The fourth-order valence-corrected chi connectivity index (χ4v) is 4.39. The van der Waals surface area contributed by atoms with Gasteiger partial charge in [0.2, 0.25) is 0 Å². The van der Waals surface area contributed by atoms with E-state index in [1.165, 1.54) is 31.3 Å². The van der Waals surface area contributed by atoms with Crippen LogP contribution in [0.4, 0.5) is 0 Å². The molecule has 8 nitrogen and oxygen atoms in total. The van der Waals surface area contributed by atoms with Gasteiger partial charge in [0.05, 0.1) is 42.5 Å². The van der Waals surface area contributed by atoms with Crippen molar-refractivity contribution < 1.29 is 28.9 Å². The topological polar surface area (TPSA) is 98.2 Å². The van der Waals surface area contributed by atoms with Gasteiger partial charge in [-0.15, -0.1) is 0 Å². The van der Waals surface area contributed by atoms with Gasteiger partial charge in [0.1, 0.15) is 17.3 Å². The first-order valence-corrected chi connectivity index (χ1v) is 10.6. The number of likely N-dealkylation sites (tertiary alicyclic amines) is 1. The maximum atomic E-state index is 13.1. The third-order valence-corrected chi connectivity index (χ3v) is 6.01. The minimum Gasteiger partial charge on any atom is -0.507 e. The molecule has 4 rings (SSSR count). The normalized spacial score (nSPS) is 22.4. The summed E-state index contributed by atoms with van der Waals surface area (Å²) in [5.74, 6) is -1.30. The number of aromatic nitrogens is 1. The number of aliphatic hydroxyl groups is 1. The molecule has 0 bridgehead atoms. The van der Waals surface area contributed by atoms with Crippen molar-refractivity contribution in [1.29, 1.82) is 0 Å². The molecule has 2 atom stereocenters. The summed E-state index contributed by atoms with van der Waals surface area (Å²) < 4.78 is 16.3. The highest BCUT2D eigenvalue weighted by Crippen LogP contribution is 2.43. The third kappa shape index (κ3) is 3.91. The zero-order valence-electron chi connectivity index (χ0n) is 17.7. The maximum Gasteiger partial charge on any atom is 0.295 e. The van der Waals surface area contributed by atoms with Crippen LogP contribution in [-0.4, -0.2) is 60.2 Å². The van der Waals surface area contributed by atoms with Gasteiger partial charge in [-0.25, -0.2) is 0 Å². The number of aliphatic hydroxyl groups excluding tert-OH is 1. The van der Waals surface area contributed by atoms with Gasteiger partial charge in [-0.05, 0) is 36.6 Å². The molecular formula is C23H23ClN2O6. The molecule has 2 aliphatic heterocycles. The number of ether oxygens (including phenoxy) is 3. The van der Waals surface area contributed by atoms with Crippen molar-refractivity contribution in [1.82, 2.24) is 9.88 Å². The summed E-state index contributed by atoms with van der Waals surface area (Å²) in [5.41, 5.74) is 0.809. The molecule has 2 fully saturated rings. The lowest BCUT2D eigenvalue weighted by Crippen LogP contribution is -2.36. The van der Waals surface area contributed by atoms with Crippen LogP contribution in [0.25, 0.3) is 5.76 Å². The number of hydrogen-bond acceptors (Lipinski definition) is 7. The van der Waals surface area contributed by atoms with Crippen molar-refractivity contribution in [3.05, 3.63) is 58.4 Å². The molecule has 1 N–H and O–H groups in total. The third-order valence-electron chi connectivity index (χ3n) is 5.72. The van der Waals surface area contributed by atoms with E-state index in [0.717, 1.165) is 12.8 Å². The Morgan fingerprint density at radius 1 is 1.22 bits per heavy atom. The molecule has 168 valence electrons. The van der Waals surface area contributed by atoms with Gasteiger partial charge in [-0.1, -0.05) is 11.6 Å². The lowest BCUT2D eigenvalue weighted by Gasteiger charge is -2.27. The molecule has 1 aromatic carbocycles. The Labute approximate surface area is 190 Å². The first-order chi connectivity index (χ1) is 15.5. The highest BCUT2D eigenvalue weighted by molar-refractivity contribution is 6.46. The van der Waals surface area contributed by atoms with E-state index in [1.54, 1.807) is 24.5 Å². The molecule has 2 aromatic rings. The Balaban J connectivity index is 1.88. The molecule has 2 aliphatic rings. The molecule has 1 aromatic heterocycles. The fraction of sp³-hybridized carbons (Fsp3) is 0.348. The number of carbonyl (C=O) groups is 2. The number of pyridine rings is 1. The van der Waals surface area contributed by atoms with Crippen molar-refractivity contribution in [3.63, 3.8) is 0 Å². The minimum atomic E-state index is -0.798. The van der Waals surface area contributed by atoms with Gasteiger partial charge < -0.3 is 24.2 Å². The Morgan fingerprint density at radius 2 is 1.94 bits per heavy atom. The van der Waals surface area contributed by atoms with Crippen molar-refractivity contribution in [2.24, 2.45) is 0 Å². The maximum absolute atomic E-state index is 13.1. The summed E-state index contributed by atoms with van der Waals surface area (Å²) in [6.07, 6.45) is 4.69. The number of hydrogen-bond donors (Lipinski definition) is 1. The molecule has 0 spiro atoms. The van der Waals surface area contributed by atoms with Crippen LogP contribution in [0.5, 0.6) is 11.5 Å². The van der Waals surface area contributed by atoms with E-state index in [1.807, 2.05) is 0 Å². The summed E-state index contributed by atoms with van der Waals surface area (Å²) in [4.78, 5) is 31.7. The van der Waals surface area contributed by atoms with E-state index < -0.39 is 17.7 Å². The van der Waals surface area contributed by atoms with Gasteiger partial charge >= 0.3 is 0 Å². The van der Waals surface area contributed by atoms with Crippen LogP contribution >= 0.6 is 11.6 Å². The van der Waals surface area contributed by atoms with Crippen molar-refractivity contribution in [2.45, 2.75) is 25.0 Å².